The highest BCUT2D eigenvalue weighted by Gasteiger charge is 2.29. The van der Waals surface area contributed by atoms with E-state index >= 15 is 0 Å². The van der Waals surface area contributed by atoms with Crippen LogP contribution in [0.4, 0.5) is 0 Å². The topological polar surface area (TPSA) is 231 Å². The van der Waals surface area contributed by atoms with Crippen LogP contribution in [0.3, 0.4) is 0 Å². The lowest BCUT2D eigenvalue weighted by Crippen LogP contribution is -2.30. The number of phosphoric ester groups is 2. The van der Waals surface area contributed by atoms with E-state index in [-0.39, 0.29) is 19.3 Å². The van der Waals surface area contributed by atoms with Crippen molar-refractivity contribution in [2.75, 3.05) is 39.6 Å². The first-order valence-corrected chi connectivity index (χ1v) is 44.1. The molecule has 0 bridgehead atoms. The molecule has 0 aromatic carbocycles. The van der Waals surface area contributed by atoms with Crippen LogP contribution in [-0.4, -0.2) is 95.9 Å². The number of aliphatic hydroxyl groups is 2. The van der Waals surface area contributed by atoms with Gasteiger partial charge in [0.1, 0.15) is 25.4 Å². The number of hydrogen-bond acceptors (Lipinski definition) is 14. The zero-order valence-electron chi connectivity index (χ0n) is 65.9. The minimum atomic E-state index is -4.94. The van der Waals surface area contributed by atoms with Crippen molar-refractivity contribution in [1.29, 1.82) is 0 Å². The highest BCUT2D eigenvalue weighted by molar-refractivity contribution is 7.47. The van der Waals surface area contributed by atoms with Crippen molar-refractivity contribution in [2.45, 2.75) is 347 Å². The van der Waals surface area contributed by atoms with E-state index in [1.165, 1.54) is 96.3 Å². The third-order valence-electron chi connectivity index (χ3n) is 17.0. The van der Waals surface area contributed by atoms with Gasteiger partial charge in [0, 0.05) is 19.3 Å². The number of aliphatic hydroxyl groups excluding tert-OH is 2. The lowest BCUT2D eigenvalue weighted by molar-refractivity contribution is -0.161. The van der Waals surface area contributed by atoms with Crippen molar-refractivity contribution in [2.24, 2.45) is 0 Å². The monoisotopic (exact) mass is 1510 g/mol. The second-order valence-electron chi connectivity index (χ2n) is 27.2. The van der Waals surface area contributed by atoms with Gasteiger partial charge in [0.15, 0.2) is 6.10 Å². The van der Waals surface area contributed by atoms with Crippen LogP contribution in [0.1, 0.15) is 329 Å². The molecule has 4 N–H and O–H groups in total. The molecule has 0 aliphatic heterocycles. The largest absolute Gasteiger partial charge is 0.472 e. The molecule has 0 spiro atoms. The van der Waals surface area contributed by atoms with Gasteiger partial charge in [0.25, 0.3) is 0 Å². The van der Waals surface area contributed by atoms with Crippen LogP contribution in [0, 0.1) is 0 Å². The van der Waals surface area contributed by atoms with Crippen molar-refractivity contribution in [3.05, 3.63) is 146 Å². The molecule has 18 heteroatoms. The quantitative estimate of drug-likeness (QED) is 0.0146. The fourth-order valence-corrected chi connectivity index (χ4v) is 12.4. The Kier molecular flexibility index (Phi) is 75.6. The lowest BCUT2D eigenvalue weighted by Gasteiger charge is -2.21. The summed E-state index contributed by atoms with van der Waals surface area (Å²) in [4.78, 5) is 58.7. The van der Waals surface area contributed by atoms with Crippen molar-refractivity contribution in [1.82, 2.24) is 0 Å². The Morgan fingerprint density at radius 3 is 0.838 bits per heavy atom. The highest BCUT2D eigenvalue weighted by Crippen LogP contribution is 2.45. The Hall–Kier alpha value is -4.57. The van der Waals surface area contributed by atoms with Gasteiger partial charge >= 0.3 is 33.6 Å². The average molecular weight is 1510 g/mol. The maximum absolute atomic E-state index is 13.0. The maximum atomic E-state index is 13.0. The zero-order chi connectivity index (χ0) is 76.6. The predicted octanol–water partition coefficient (Wildman–Crippen LogP) is 24.4. The first-order chi connectivity index (χ1) is 51.2. The number of hydrogen-bond donors (Lipinski definition) is 4. The van der Waals surface area contributed by atoms with E-state index < -0.39 is 91.5 Å². The van der Waals surface area contributed by atoms with E-state index in [9.17, 15) is 43.5 Å². The Morgan fingerprint density at radius 2 is 0.524 bits per heavy atom. The highest BCUT2D eigenvalue weighted by atomic mass is 31.2. The van der Waals surface area contributed by atoms with Crippen LogP contribution in [-0.2, 0) is 55.8 Å². The number of carbonyl (C=O) groups excluding carboxylic acids is 3. The molecule has 0 aromatic heterocycles. The smallest absolute Gasteiger partial charge is 0.463 e. The number of allylic oxidation sites excluding steroid dienone is 24. The normalized spacial score (nSPS) is 14.7. The SMILES string of the molecule is CC/C=C\C/C=C\C/C=C\C/C=C\C/C=C\C/C=C\CCCCCCCCCCCCC(=O)OCC(O)COP(=O)(O)OCC(O)COP(=O)(O)OCC(COC(=O)CCCCCCCCCCCCC/C=C\C/C=C\C/C=C\C/C=C\CCCCC)OC(=O)CCCCCCC/C=C\C/C=C\CCC. The van der Waals surface area contributed by atoms with Gasteiger partial charge in [-0.25, -0.2) is 9.13 Å². The fraction of sp³-hybridized carbons (Fsp3) is 0.690. The minimum absolute atomic E-state index is 0.0852. The Balaban J connectivity index is 4.51. The third kappa shape index (κ3) is 80.3. The molecule has 0 amide bonds. The summed E-state index contributed by atoms with van der Waals surface area (Å²) in [7, 11) is -9.80. The van der Waals surface area contributed by atoms with Gasteiger partial charge in [0.05, 0.1) is 26.4 Å². The van der Waals surface area contributed by atoms with Gasteiger partial charge in [-0.3, -0.25) is 32.5 Å². The zero-order valence-corrected chi connectivity index (χ0v) is 67.6. The molecule has 0 aromatic rings. The van der Waals surface area contributed by atoms with Gasteiger partial charge in [0.2, 0.25) is 0 Å². The Labute approximate surface area is 638 Å². The number of esters is 3. The van der Waals surface area contributed by atoms with Crippen LogP contribution < -0.4 is 0 Å². The van der Waals surface area contributed by atoms with Crippen molar-refractivity contribution < 1.29 is 75.8 Å². The van der Waals surface area contributed by atoms with Gasteiger partial charge < -0.3 is 34.2 Å². The molecular formula is C87H148O16P2. The molecule has 16 nitrogen and oxygen atoms in total. The number of rotatable bonds is 77. The minimum Gasteiger partial charge on any atom is -0.463 e. The molecule has 105 heavy (non-hydrogen) atoms. The third-order valence-corrected chi connectivity index (χ3v) is 18.9. The molecule has 0 aliphatic carbocycles. The summed E-state index contributed by atoms with van der Waals surface area (Å²) in [6.45, 7) is 2.46. The molecule has 0 fully saturated rings. The molecule has 0 radical (unpaired) electrons. The molecule has 0 rings (SSSR count). The molecule has 0 heterocycles. The van der Waals surface area contributed by atoms with E-state index in [0.717, 1.165) is 173 Å². The van der Waals surface area contributed by atoms with Crippen molar-refractivity contribution in [3.63, 3.8) is 0 Å². The molecule has 0 saturated heterocycles. The van der Waals surface area contributed by atoms with E-state index in [0.29, 0.717) is 19.3 Å². The number of ether oxygens (including phenoxy) is 3. The summed E-state index contributed by atoms with van der Waals surface area (Å²) in [5.41, 5.74) is 0. The summed E-state index contributed by atoms with van der Waals surface area (Å²) in [5, 5.41) is 20.6. The van der Waals surface area contributed by atoms with Gasteiger partial charge in [-0.05, 0) is 141 Å². The second kappa shape index (κ2) is 79.0. The summed E-state index contributed by atoms with van der Waals surface area (Å²) < 4.78 is 61.2. The summed E-state index contributed by atoms with van der Waals surface area (Å²) in [6.07, 6.45) is 97.6. The van der Waals surface area contributed by atoms with Crippen LogP contribution in [0.15, 0.2) is 146 Å². The summed E-state index contributed by atoms with van der Waals surface area (Å²) in [6, 6.07) is 0. The Morgan fingerprint density at radius 1 is 0.276 bits per heavy atom. The van der Waals surface area contributed by atoms with Gasteiger partial charge in [-0.15, -0.1) is 0 Å². The molecule has 5 atom stereocenters. The second-order valence-corrected chi connectivity index (χ2v) is 30.1. The average Bonchev–Trinajstić information content (AvgIpc) is 0.912. The van der Waals surface area contributed by atoms with Crippen molar-refractivity contribution in [3.8, 4) is 0 Å². The summed E-state index contributed by atoms with van der Waals surface area (Å²) >= 11 is 0. The van der Waals surface area contributed by atoms with E-state index in [2.05, 4.69) is 167 Å². The number of carbonyl (C=O) groups is 3. The van der Waals surface area contributed by atoms with E-state index in [4.69, 9.17) is 32.3 Å². The van der Waals surface area contributed by atoms with E-state index in [1.807, 2.05) is 0 Å². The first-order valence-electron chi connectivity index (χ1n) is 41.1. The number of unbranched alkanes of at least 4 members (excludes halogenated alkanes) is 30. The van der Waals surface area contributed by atoms with E-state index in [1.54, 1.807) is 0 Å². The first kappa shape index (κ1) is 100. The molecule has 602 valence electrons. The van der Waals surface area contributed by atoms with Gasteiger partial charge in [-0.2, -0.15) is 0 Å². The molecule has 5 unspecified atom stereocenters. The van der Waals surface area contributed by atoms with Gasteiger partial charge in [-0.1, -0.05) is 314 Å². The van der Waals surface area contributed by atoms with Crippen LogP contribution in [0.2, 0.25) is 0 Å². The van der Waals surface area contributed by atoms with Crippen LogP contribution >= 0.6 is 15.6 Å². The van der Waals surface area contributed by atoms with Crippen LogP contribution in [0.5, 0.6) is 0 Å². The standard InChI is InChI=1S/C87H148O16P2/c1-4-7-10-13-16-19-22-25-27-29-31-33-35-37-39-40-42-44-45-47-49-51-53-56-58-61-64-67-70-73-85(90)97-76-82(88)77-99-104(93,94)100-78-83(89)79-101-105(95,96)102-81-84(103-87(92)75-72-69-66-63-60-55-24-21-18-15-12-9-6-3)80-98-86(91)74-71-68-65-62-59-57-54-52-50-48-46-43-41-38-36-34-32-30-28-26-23-20-17-14-11-8-5-2/h7,10,12,15-17,19-21,24-28,31-34,37-39,41-42,44,82-84,88-89H,4-6,8-9,11,13-14,18,22-23,29-30,35-36,40,43,45-81H2,1-3H3,(H,93,94)(H,95,96)/b10-7-,15-12-,19-16-,20-17-,24-21-,27-25-,28-26-,33-31-,34-32-,39-37-,41-38-,44-42-. The Bertz CT molecular complexity index is 2490. The lowest BCUT2D eigenvalue weighted by atomic mass is 10.0. The molecular weight excluding hydrogens is 1360 g/mol. The van der Waals surface area contributed by atoms with Crippen LogP contribution in [0.25, 0.3) is 0 Å². The molecule has 0 aliphatic rings. The van der Waals surface area contributed by atoms with Crippen molar-refractivity contribution >= 4 is 33.6 Å². The predicted molar refractivity (Wildman–Crippen MR) is 436 cm³/mol. The summed E-state index contributed by atoms with van der Waals surface area (Å²) in [5.74, 6) is -1.60. The number of phosphoric acid groups is 2. The maximum Gasteiger partial charge on any atom is 0.472 e. The molecule has 0 saturated carbocycles. The fourth-order valence-electron chi connectivity index (χ4n) is 10.8.